The second-order valence-electron chi connectivity index (χ2n) is 5.92. The van der Waals surface area contributed by atoms with Gasteiger partial charge in [-0.25, -0.2) is 4.79 Å². The Balaban J connectivity index is 1.76. The molecule has 0 amide bonds. The summed E-state index contributed by atoms with van der Waals surface area (Å²) in [7, 11) is 1.32. The first-order chi connectivity index (χ1) is 13.5. The predicted octanol–water partition coefficient (Wildman–Crippen LogP) is 4.82. The smallest absolute Gasteiger partial charge is 0.337 e. The predicted molar refractivity (Wildman–Crippen MR) is 110 cm³/mol. The molecule has 2 aromatic carbocycles. The maximum absolute atomic E-state index is 12.3. The highest BCUT2D eigenvalue weighted by Gasteiger charge is 2.14. The number of methoxy groups -OCH3 is 1. The Labute approximate surface area is 170 Å². The number of nitrogens with zero attached hydrogens (tertiary/aromatic N) is 3. The van der Waals surface area contributed by atoms with Gasteiger partial charge in [-0.1, -0.05) is 58.0 Å². The first-order valence-corrected chi connectivity index (χ1v) is 9.47. The summed E-state index contributed by atoms with van der Waals surface area (Å²) in [5.41, 5.74) is 5.85. The molecule has 28 heavy (non-hydrogen) atoms. The van der Waals surface area contributed by atoms with Gasteiger partial charge in [0, 0.05) is 0 Å². The van der Waals surface area contributed by atoms with Crippen molar-refractivity contribution >= 4 is 39.6 Å². The molecule has 1 heterocycles. The lowest BCUT2D eigenvalue weighted by atomic mass is 10.1. The number of rotatable bonds is 6. The molecule has 0 fully saturated rings. The summed E-state index contributed by atoms with van der Waals surface area (Å²) in [6.07, 6.45) is 0. The van der Waals surface area contributed by atoms with E-state index in [-0.39, 0.29) is 16.6 Å². The van der Waals surface area contributed by atoms with E-state index in [9.17, 15) is 9.59 Å². The zero-order valence-electron chi connectivity index (χ0n) is 15.2. The van der Waals surface area contributed by atoms with E-state index >= 15 is 0 Å². The first-order valence-electron chi connectivity index (χ1n) is 8.27. The van der Waals surface area contributed by atoms with Gasteiger partial charge in [-0.15, -0.1) is 5.11 Å². The lowest BCUT2D eigenvalue weighted by Gasteiger charge is -2.05. The molecule has 0 aliphatic heterocycles. The van der Waals surface area contributed by atoms with E-state index in [1.54, 1.807) is 24.3 Å². The summed E-state index contributed by atoms with van der Waals surface area (Å²) in [5, 5.41) is 8.40. The number of halogens is 1. The minimum Gasteiger partial charge on any atom is -0.465 e. The summed E-state index contributed by atoms with van der Waals surface area (Å²) in [5.74, 6) is -0.442. The quantitative estimate of drug-likeness (QED) is 0.354. The van der Waals surface area contributed by atoms with Crippen LogP contribution in [0.5, 0.6) is 0 Å². The maximum atomic E-state index is 12.3. The summed E-state index contributed by atoms with van der Waals surface area (Å²) in [4.78, 5) is 23.7. The topological polar surface area (TPSA) is 85.1 Å². The van der Waals surface area contributed by atoms with Gasteiger partial charge in [0.1, 0.15) is 0 Å². The van der Waals surface area contributed by atoms with Crippen LogP contribution in [0.1, 0.15) is 21.5 Å². The van der Waals surface area contributed by atoms with Gasteiger partial charge < -0.3 is 4.74 Å². The van der Waals surface area contributed by atoms with Crippen molar-refractivity contribution in [3.05, 3.63) is 80.0 Å². The van der Waals surface area contributed by atoms with Crippen LogP contribution >= 0.6 is 22.9 Å². The van der Waals surface area contributed by atoms with Crippen LogP contribution in [0, 0.1) is 6.92 Å². The maximum Gasteiger partial charge on any atom is 0.337 e. The van der Waals surface area contributed by atoms with Crippen molar-refractivity contribution in [1.29, 1.82) is 0 Å². The first kappa shape index (κ1) is 19.8. The van der Waals surface area contributed by atoms with Gasteiger partial charge >= 0.3 is 10.8 Å². The zero-order valence-corrected chi connectivity index (χ0v) is 16.8. The van der Waals surface area contributed by atoms with Crippen molar-refractivity contribution < 1.29 is 9.53 Å². The number of carbonyl (C=O) groups excluding carboxylic acids is 1. The van der Waals surface area contributed by atoms with Crippen LogP contribution in [-0.2, 0) is 11.3 Å². The van der Waals surface area contributed by atoms with Crippen LogP contribution in [0.2, 0.25) is 5.15 Å². The van der Waals surface area contributed by atoms with E-state index in [1.165, 1.54) is 11.7 Å². The summed E-state index contributed by atoms with van der Waals surface area (Å²) in [6.45, 7) is 2.20. The molecule has 0 aliphatic rings. The zero-order chi connectivity index (χ0) is 20.1. The lowest BCUT2D eigenvalue weighted by Crippen LogP contribution is -2.14. The van der Waals surface area contributed by atoms with Crippen molar-refractivity contribution in [3.63, 3.8) is 0 Å². The number of hydrogen-bond donors (Lipinski definition) is 1. The number of esters is 1. The normalized spacial score (nSPS) is 11.0. The van der Waals surface area contributed by atoms with E-state index in [1.807, 2.05) is 31.2 Å². The molecule has 0 saturated heterocycles. The molecule has 0 saturated carbocycles. The van der Waals surface area contributed by atoms with E-state index in [4.69, 9.17) is 16.3 Å². The molecule has 3 rings (SSSR count). The van der Waals surface area contributed by atoms with Gasteiger partial charge in [-0.3, -0.25) is 14.8 Å². The minimum absolute atomic E-state index is 0.188. The Morgan fingerprint density at radius 3 is 2.71 bits per heavy atom. The number of hydrogen-bond acceptors (Lipinski definition) is 6. The molecule has 1 N–H and O–H groups in total. The van der Waals surface area contributed by atoms with E-state index in [0.717, 1.165) is 28.2 Å². The number of thiazole rings is 1. The lowest BCUT2D eigenvalue weighted by molar-refractivity contribution is 0.0600. The monoisotopic (exact) mass is 416 g/mol. The standard InChI is InChI=1S/C19H17ClN4O3S/c1-12-6-8-15(9-7-12)21-23-22-17-16(20)24(19(26)28-17)11-13-4-3-5-14(10-13)18(25)27-2/h3-10H,11H2,1-2H3,(H,21,22). The summed E-state index contributed by atoms with van der Waals surface area (Å²) in [6, 6.07) is 14.5. The Morgan fingerprint density at radius 1 is 1.25 bits per heavy atom. The molecule has 0 unspecified atom stereocenters. The van der Waals surface area contributed by atoms with Gasteiger partial charge in [0.2, 0.25) is 0 Å². The third-order valence-electron chi connectivity index (χ3n) is 3.88. The average Bonchev–Trinajstić information content (AvgIpc) is 2.96. The molecule has 0 spiro atoms. The molecule has 1 aromatic heterocycles. The van der Waals surface area contributed by atoms with Gasteiger partial charge in [0.15, 0.2) is 10.2 Å². The number of nitrogens with one attached hydrogen (secondary N) is 1. The van der Waals surface area contributed by atoms with E-state index in [2.05, 4.69) is 15.8 Å². The van der Waals surface area contributed by atoms with Gasteiger partial charge in [0.05, 0.1) is 24.9 Å². The fraction of sp³-hybridized carbons (Fsp3) is 0.158. The van der Waals surface area contributed by atoms with E-state index in [0.29, 0.717) is 10.6 Å². The average molecular weight is 417 g/mol. The number of ether oxygens (including phenoxy) is 1. The van der Waals surface area contributed by atoms with Crippen LogP contribution in [0.15, 0.2) is 63.7 Å². The highest BCUT2D eigenvalue weighted by Crippen LogP contribution is 2.29. The molecule has 3 aromatic rings. The van der Waals surface area contributed by atoms with Gasteiger partial charge in [0.25, 0.3) is 0 Å². The Hall–Kier alpha value is -2.97. The number of carbonyl (C=O) groups is 1. The highest BCUT2D eigenvalue weighted by atomic mass is 35.5. The minimum atomic E-state index is -0.442. The molecule has 9 heteroatoms. The Morgan fingerprint density at radius 2 is 2.00 bits per heavy atom. The van der Waals surface area contributed by atoms with E-state index < -0.39 is 5.97 Å². The summed E-state index contributed by atoms with van der Waals surface area (Å²) >= 11 is 7.21. The largest absolute Gasteiger partial charge is 0.465 e. The van der Waals surface area contributed by atoms with Gasteiger partial charge in [-0.05, 0) is 36.8 Å². The van der Waals surface area contributed by atoms with Crippen molar-refractivity contribution in [2.75, 3.05) is 12.5 Å². The number of aromatic nitrogens is 1. The van der Waals surface area contributed by atoms with Crippen molar-refractivity contribution in [3.8, 4) is 0 Å². The third-order valence-corrected chi connectivity index (χ3v) is 5.24. The highest BCUT2D eigenvalue weighted by molar-refractivity contribution is 7.13. The SMILES string of the molecule is COC(=O)c1cccc(Cn2c(Cl)c(N=NNc3ccc(C)cc3)sc2=O)c1. The molecule has 0 aliphatic carbocycles. The molecular formula is C19H17ClN4O3S. The Kier molecular flexibility index (Phi) is 6.23. The van der Waals surface area contributed by atoms with Crippen molar-refractivity contribution in [2.24, 2.45) is 10.3 Å². The van der Waals surface area contributed by atoms with Crippen LogP contribution < -0.4 is 10.3 Å². The molecular weight excluding hydrogens is 400 g/mol. The molecule has 0 bridgehead atoms. The van der Waals surface area contributed by atoms with Crippen LogP contribution in [0.25, 0.3) is 0 Å². The van der Waals surface area contributed by atoms with Gasteiger partial charge in [-0.2, -0.15) is 0 Å². The third kappa shape index (κ3) is 4.65. The molecule has 0 radical (unpaired) electrons. The Bertz CT molecular complexity index is 1070. The van der Waals surface area contributed by atoms with Crippen LogP contribution in [-0.4, -0.2) is 17.6 Å². The molecule has 7 nitrogen and oxygen atoms in total. The summed E-state index contributed by atoms with van der Waals surface area (Å²) < 4.78 is 6.09. The second-order valence-corrected chi connectivity index (χ2v) is 7.22. The molecule has 144 valence electrons. The number of aryl methyl sites for hydroxylation is 1. The van der Waals surface area contributed by atoms with Crippen molar-refractivity contribution in [1.82, 2.24) is 4.57 Å². The fourth-order valence-corrected chi connectivity index (χ4v) is 3.47. The van der Waals surface area contributed by atoms with Crippen LogP contribution in [0.4, 0.5) is 10.7 Å². The number of benzene rings is 2. The second kappa shape index (κ2) is 8.81. The fourth-order valence-electron chi connectivity index (χ4n) is 2.42. The van der Waals surface area contributed by atoms with Crippen LogP contribution in [0.3, 0.4) is 0 Å². The number of anilines is 1. The van der Waals surface area contributed by atoms with Crippen molar-refractivity contribution in [2.45, 2.75) is 13.5 Å². The molecule has 0 atom stereocenters.